The zero-order chi connectivity index (χ0) is 15.8. The highest BCUT2D eigenvalue weighted by Gasteiger charge is 2.17. The second kappa shape index (κ2) is 9.10. The van der Waals surface area contributed by atoms with Gasteiger partial charge in [-0.05, 0) is 37.1 Å². The summed E-state index contributed by atoms with van der Waals surface area (Å²) in [4.78, 5) is 24.4. The van der Waals surface area contributed by atoms with Crippen molar-refractivity contribution in [1.82, 2.24) is 5.32 Å². The van der Waals surface area contributed by atoms with Gasteiger partial charge in [0.05, 0.1) is 5.75 Å². The number of rotatable bonds is 7. The third-order valence-electron chi connectivity index (χ3n) is 2.53. The molecule has 0 saturated carbocycles. The molecule has 4 nitrogen and oxygen atoms in total. The molecule has 0 fully saturated rings. The second-order valence-corrected chi connectivity index (χ2v) is 6.98. The summed E-state index contributed by atoms with van der Waals surface area (Å²) in [6, 6.07) is 7.66. The van der Waals surface area contributed by atoms with Crippen LogP contribution in [0.2, 0.25) is 0 Å². The molecule has 1 aromatic rings. The molecular weight excluding hydrogens is 354 g/mol. The first kappa shape index (κ1) is 18.0. The van der Waals surface area contributed by atoms with Gasteiger partial charge in [-0.25, -0.2) is 0 Å². The standard InChI is InChI=1S/C15H20BrNO3S/c1-10(2)8-17-15(19)11(3)20-14(18)9-21-13-6-4-12(16)5-7-13/h4-7,10-11H,8-9H2,1-3H3,(H,17,19)/t11-/m1/s1. The van der Waals surface area contributed by atoms with Gasteiger partial charge in [0, 0.05) is 15.9 Å². The third-order valence-corrected chi connectivity index (χ3v) is 4.05. The zero-order valence-electron chi connectivity index (χ0n) is 12.4. The van der Waals surface area contributed by atoms with Gasteiger partial charge in [-0.3, -0.25) is 9.59 Å². The summed E-state index contributed by atoms with van der Waals surface area (Å²) in [5.41, 5.74) is 0. The Morgan fingerprint density at radius 1 is 1.24 bits per heavy atom. The van der Waals surface area contributed by atoms with E-state index < -0.39 is 12.1 Å². The summed E-state index contributed by atoms with van der Waals surface area (Å²) < 4.78 is 6.10. The Bertz CT molecular complexity index is 476. The lowest BCUT2D eigenvalue weighted by Gasteiger charge is -2.14. The Balaban J connectivity index is 2.32. The molecule has 116 valence electrons. The summed E-state index contributed by atoms with van der Waals surface area (Å²) in [7, 11) is 0. The van der Waals surface area contributed by atoms with E-state index in [2.05, 4.69) is 21.2 Å². The van der Waals surface area contributed by atoms with Crippen molar-refractivity contribution in [1.29, 1.82) is 0 Å². The van der Waals surface area contributed by atoms with E-state index in [0.29, 0.717) is 12.5 Å². The highest BCUT2D eigenvalue weighted by atomic mass is 79.9. The predicted octanol–water partition coefficient (Wildman–Crippen LogP) is 3.25. The van der Waals surface area contributed by atoms with Crippen LogP contribution in [0.3, 0.4) is 0 Å². The Hall–Kier alpha value is -1.01. The van der Waals surface area contributed by atoms with Crippen molar-refractivity contribution in [2.75, 3.05) is 12.3 Å². The van der Waals surface area contributed by atoms with Crippen LogP contribution in [-0.4, -0.2) is 30.3 Å². The number of hydrogen-bond acceptors (Lipinski definition) is 4. The molecule has 21 heavy (non-hydrogen) atoms. The third kappa shape index (κ3) is 7.52. The number of ether oxygens (including phenoxy) is 1. The van der Waals surface area contributed by atoms with Gasteiger partial charge in [0.2, 0.25) is 0 Å². The fourth-order valence-electron chi connectivity index (χ4n) is 1.41. The van der Waals surface area contributed by atoms with Crippen LogP contribution >= 0.6 is 27.7 Å². The summed E-state index contributed by atoms with van der Waals surface area (Å²) in [6.45, 7) is 6.17. The number of carbonyl (C=O) groups is 2. The van der Waals surface area contributed by atoms with Crippen molar-refractivity contribution in [2.45, 2.75) is 31.8 Å². The minimum atomic E-state index is -0.762. The Labute approximate surface area is 138 Å². The number of carbonyl (C=O) groups excluding carboxylic acids is 2. The van der Waals surface area contributed by atoms with Crippen molar-refractivity contribution >= 4 is 39.6 Å². The number of halogens is 1. The number of thioether (sulfide) groups is 1. The molecule has 0 aliphatic rings. The van der Waals surface area contributed by atoms with E-state index in [0.717, 1.165) is 9.37 Å². The number of nitrogens with one attached hydrogen (secondary N) is 1. The lowest BCUT2D eigenvalue weighted by atomic mass is 10.2. The van der Waals surface area contributed by atoms with E-state index in [9.17, 15) is 9.59 Å². The van der Waals surface area contributed by atoms with Gasteiger partial charge in [0.1, 0.15) is 0 Å². The molecule has 1 rings (SSSR count). The molecule has 1 N–H and O–H groups in total. The molecule has 0 bridgehead atoms. The first-order chi connectivity index (χ1) is 9.88. The van der Waals surface area contributed by atoms with Gasteiger partial charge in [-0.15, -0.1) is 11.8 Å². The summed E-state index contributed by atoms with van der Waals surface area (Å²) >= 11 is 4.74. The van der Waals surface area contributed by atoms with E-state index in [4.69, 9.17) is 4.74 Å². The van der Waals surface area contributed by atoms with Gasteiger partial charge in [-0.1, -0.05) is 29.8 Å². The molecule has 0 unspecified atom stereocenters. The number of amides is 1. The minimum Gasteiger partial charge on any atom is -0.452 e. The lowest BCUT2D eigenvalue weighted by molar-refractivity contribution is -0.152. The second-order valence-electron chi connectivity index (χ2n) is 5.01. The van der Waals surface area contributed by atoms with Crippen LogP contribution in [0.1, 0.15) is 20.8 Å². The zero-order valence-corrected chi connectivity index (χ0v) is 14.8. The van der Waals surface area contributed by atoms with Crippen molar-refractivity contribution < 1.29 is 14.3 Å². The van der Waals surface area contributed by atoms with Gasteiger partial charge in [0.15, 0.2) is 6.10 Å². The van der Waals surface area contributed by atoms with Crippen molar-refractivity contribution in [2.24, 2.45) is 5.92 Å². The molecule has 0 aliphatic heterocycles. The average Bonchev–Trinajstić information content (AvgIpc) is 2.44. The van der Waals surface area contributed by atoms with Crippen LogP contribution in [0.4, 0.5) is 0 Å². The molecular formula is C15H20BrNO3S. The molecule has 6 heteroatoms. The van der Waals surface area contributed by atoms with E-state index >= 15 is 0 Å². The van der Waals surface area contributed by atoms with Crippen LogP contribution in [0.25, 0.3) is 0 Å². The van der Waals surface area contributed by atoms with Crippen LogP contribution in [0.5, 0.6) is 0 Å². The van der Waals surface area contributed by atoms with Crippen molar-refractivity contribution in [3.63, 3.8) is 0 Å². The molecule has 0 radical (unpaired) electrons. The molecule has 0 saturated heterocycles. The van der Waals surface area contributed by atoms with Crippen molar-refractivity contribution in [3.05, 3.63) is 28.7 Å². The first-order valence-electron chi connectivity index (χ1n) is 6.74. The maximum atomic E-state index is 11.7. The van der Waals surface area contributed by atoms with E-state index in [1.54, 1.807) is 6.92 Å². The molecule has 0 spiro atoms. The van der Waals surface area contributed by atoms with Crippen molar-refractivity contribution in [3.8, 4) is 0 Å². The minimum absolute atomic E-state index is 0.184. The van der Waals surface area contributed by atoms with E-state index in [1.165, 1.54) is 11.8 Å². The number of benzene rings is 1. The lowest BCUT2D eigenvalue weighted by Crippen LogP contribution is -2.37. The SMILES string of the molecule is CC(C)CNC(=O)[C@@H](C)OC(=O)CSc1ccc(Br)cc1. The number of esters is 1. The smallest absolute Gasteiger partial charge is 0.317 e. The fraction of sp³-hybridized carbons (Fsp3) is 0.467. The first-order valence-corrected chi connectivity index (χ1v) is 8.52. The highest BCUT2D eigenvalue weighted by molar-refractivity contribution is 9.10. The quantitative estimate of drug-likeness (QED) is 0.588. The van der Waals surface area contributed by atoms with E-state index in [-0.39, 0.29) is 11.7 Å². The maximum Gasteiger partial charge on any atom is 0.317 e. The summed E-state index contributed by atoms with van der Waals surface area (Å²) in [5, 5.41) is 2.74. The molecule has 0 aromatic heterocycles. The molecule has 1 aromatic carbocycles. The van der Waals surface area contributed by atoms with Gasteiger partial charge in [0.25, 0.3) is 5.91 Å². The topological polar surface area (TPSA) is 55.4 Å². The molecule has 0 heterocycles. The summed E-state index contributed by atoms with van der Waals surface area (Å²) in [6.07, 6.45) is -0.762. The van der Waals surface area contributed by atoms with Crippen LogP contribution < -0.4 is 5.32 Å². The van der Waals surface area contributed by atoms with Crippen LogP contribution in [0, 0.1) is 5.92 Å². The maximum absolute atomic E-state index is 11.7. The average molecular weight is 374 g/mol. The highest BCUT2D eigenvalue weighted by Crippen LogP contribution is 2.20. The van der Waals surface area contributed by atoms with Crippen LogP contribution in [-0.2, 0) is 14.3 Å². The largest absolute Gasteiger partial charge is 0.452 e. The predicted molar refractivity (Wildman–Crippen MR) is 88.3 cm³/mol. The molecule has 0 aliphatic carbocycles. The Morgan fingerprint density at radius 2 is 1.86 bits per heavy atom. The van der Waals surface area contributed by atoms with Gasteiger partial charge >= 0.3 is 5.97 Å². The molecule has 1 atom stereocenters. The molecule has 1 amide bonds. The van der Waals surface area contributed by atoms with Crippen LogP contribution in [0.15, 0.2) is 33.6 Å². The van der Waals surface area contributed by atoms with E-state index in [1.807, 2.05) is 38.1 Å². The Morgan fingerprint density at radius 3 is 2.43 bits per heavy atom. The normalized spacial score (nSPS) is 12.0. The number of hydrogen-bond donors (Lipinski definition) is 1. The van der Waals surface area contributed by atoms with Gasteiger partial charge < -0.3 is 10.1 Å². The van der Waals surface area contributed by atoms with Gasteiger partial charge in [-0.2, -0.15) is 0 Å². The monoisotopic (exact) mass is 373 g/mol. The fourth-order valence-corrected chi connectivity index (χ4v) is 2.35. The summed E-state index contributed by atoms with van der Waals surface area (Å²) in [5.74, 6) is -0.103. The Kier molecular flexibility index (Phi) is 7.82.